The zero-order valence-electron chi connectivity index (χ0n) is 17.5. The van der Waals surface area contributed by atoms with Gasteiger partial charge in [0.25, 0.3) is 5.69 Å². The summed E-state index contributed by atoms with van der Waals surface area (Å²) in [6, 6.07) is 12.4. The van der Waals surface area contributed by atoms with E-state index in [2.05, 4.69) is 20.1 Å². The highest BCUT2D eigenvalue weighted by Crippen LogP contribution is 2.38. The lowest BCUT2D eigenvalue weighted by atomic mass is 10.1. The number of nitrogens with zero attached hydrogens (tertiary/aromatic N) is 4. The topological polar surface area (TPSA) is 103 Å². The molecular weight excluding hydrogens is 450 g/mol. The Hall–Kier alpha value is -2.91. The molecule has 1 amide bonds. The fourth-order valence-electron chi connectivity index (χ4n) is 3.97. The predicted octanol–water partition coefficient (Wildman–Crippen LogP) is 5.66. The number of carbonyl (C=O) groups is 1. The Balaban J connectivity index is 1.54. The molecule has 8 nitrogen and oxygen atoms in total. The van der Waals surface area contributed by atoms with Crippen molar-refractivity contribution in [1.82, 2.24) is 14.8 Å². The fraction of sp³-hybridized carbons (Fsp3) is 0.318. The number of benzene rings is 2. The van der Waals surface area contributed by atoms with Crippen LogP contribution in [-0.4, -0.2) is 31.3 Å². The van der Waals surface area contributed by atoms with E-state index in [4.69, 9.17) is 11.6 Å². The lowest BCUT2D eigenvalue weighted by Crippen LogP contribution is -2.16. The van der Waals surface area contributed by atoms with Crippen molar-refractivity contribution in [2.75, 3.05) is 11.1 Å². The highest BCUT2D eigenvalue weighted by molar-refractivity contribution is 7.99. The molecule has 4 rings (SSSR count). The molecule has 1 aliphatic carbocycles. The van der Waals surface area contributed by atoms with Gasteiger partial charge in [-0.15, -0.1) is 10.2 Å². The van der Waals surface area contributed by atoms with Gasteiger partial charge < -0.3 is 5.32 Å². The summed E-state index contributed by atoms with van der Waals surface area (Å²) in [5.41, 5.74) is 1.64. The van der Waals surface area contributed by atoms with Gasteiger partial charge in [0.05, 0.1) is 26.9 Å². The lowest BCUT2D eigenvalue weighted by Gasteiger charge is -2.17. The van der Waals surface area contributed by atoms with E-state index in [1.807, 2.05) is 24.3 Å². The number of anilines is 1. The second-order valence-electron chi connectivity index (χ2n) is 7.64. The largest absolute Gasteiger partial charge is 0.325 e. The van der Waals surface area contributed by atoms with Gasteiger partial charge >= 0.3 is 0 Å². The molecular formula is C22H22ClN5O3S. The third-order valence-corrected chi connectivity index (χ3v) is 6.85. The molecule has 2 aromatic carbocycles. The van der Waals surface area contributed by atoms with E-state index >= 15 is 0 Å². The summed E-state index contributed by atoms with van der Waals surface area (Å²) < 4.78 is 2.10. The molecule has 1 aromatic heterocycles. The number of aromatic nitrogens is 3. The Labute approximate surface area is 194 Å². The number of halogens is 1. The second kappa shape index (κ2) is 9.70. The highest BCUT2D eigenvalue weighted by Gasteiger charge is 2.26. The van der Waals surface area contributed by atoms with Crippen molar-refractivity contribution >= 4 is 40.6 Å². The first-order valence-electron chi connectivity index (χ1n) is 10.3. The molecule has 0 saturated heterocycles. The second-order valence-corrected chi connectivity index (χ2v) is 8.99. The SMILES string of the molecule is Cc1c(NC(=O)CSc2nnc(-c3ccccc3Cl)n2C2CCCC2)cccc1[N+](=O)[O-]. The van der Waals surface area contributed by atoms with Gasteiger partial charge in [-0.2, -0.15) is 0 Å². The van der Waals surface area contributed by atoms with Crippen molar-refractivity contribution in [2.45, 2.75) is 43.8 Å². The number of nitrogens with one attached hydrogen (secondary N) is 1. The minimum absolute atomic E-state index is 0.0270. The van der Waals surface area contributed by atoms with Gasteiger partial charge in [-0.25, -0.2) is 0 Å². The molecule has 10 heteroatoms. The van der Waals surface area contributed by atoms with Crippen LogP contribution < -0.4 is 5.32 Å². The van der Waals surface area contributed by atoms with Crippen molar-refractivity contribution < 1.29 is 9.72 Å². The molecule has 3 aromatic rings. The number of carbonyl (C=O) groups excluding carboxylic acids is 1. The Bertz CT molecular complexity index is 1160. The third-order valence-electron chi connectivity index (χ3n) is 5.58. The standard InChI is InChI=1S/C22H22ClN5O3S/c1-14-18(11-6-12-19(14)28(30)31)24-20(29)13-32-22-26-25-21(16-9-4-5-10-17(16)23)27(22)15-7-2-3-8-15/h4-6,9-12,15H,2-3,7-8,13H2,1H3,(H,24,29). The van der Waals surface area contributed by atoms with Gasteiger partial charge in [-0.3, -0.25) is 19.5 Å². The molecule has 0 spiro atoms. The maximum Gasteiger partial charge on any atom is 0.274 e. The van der Waals surface area contributed by atoms with Crippen LogP contribution in [0.25, 0.3) is 11.4 Å². The molecule has 1 saturated carbocycles. The maximum absolute atomic E-state index is 12.6. The van der Waals surface area contributed by atoms with Gasteiger partial charge in [-0.05, 0) is 38.0 Å². The molecule has 1 fully saturated rings. The van der Waals surface area contributed by atoms with Crippen LogP contribution >= 0.6 is 23.4 Å². The summed E-state index contributed by atoms with van der Waals surface area (Å²) in [6.07, 6.45) is 4.34. The van der Waals surface area contributed by atoms with Crippen LogP contribution in [0.5, 0.6) is 0 Å². The zero-order chi connectivity index (χ0) is 22.7. The summed E-state index contributed by atoms with van der Waals surface area (Å²) in [5.74, 6) is 0.550. The molecule has 0 bridgehead atoms. The summed E-state index contributed by atoms with van der Waals surface area (Å²) in [4.78, 5) is 23.3. The highest BCUT2D eigenvalue weighted by atomic mass is 35.5. The van der Waals surface area contributed by atoms with Gasteiger partial charge in [-0.1, -0.05) is 54.4 Å². The van der Waals surface area contributed by atoms with Gasteiger partial charge in [0, 0.05) is 17.7 Å². The molecule has 1 N–H and O–H groups in total. The number of thioether (sulfide) groups is 1. The third kappa shape index (κ3) is 4.63. The fourth-order valence-corrected chi connectivity index (χ4v) is 4.99. The molecule has 0 atom stereocenters. The summed E-state index contributed by atoms with van der Waals surface area (Å²) in [7, 11) is 0. The van der Waals surface area contributed by atoms with Crippen molar-refractivity contribution in [3.8, 4) is 11.4 Å². The Morgan fingerprint density at radius 2 is 1.97 bits per heavy atom. The minimum atomic E-state index is -0.458. The van der Waals surface area contributed by atoms with Gasteiger partial charge in [0.2, 0.25) is 5.91 Å². The maximum atomic E-state index is 12.6. The van der Waals surface area contributed by atoms with Crippen molar-refractivity contribution in [3.05, 3.63) is 63.2 Å². The molecule has 0 unspecified atom stereocenters. The van der Waals surface area contributed by atoms with Gasteiger partial charge in [0.1, 0.15) is 0 Å². The lowest BCUT2D eigenvalue weighted by molar-refractivity contribution is -0.385. The van der Waals surface area contributed by atoms with Crippen LogP contribution in [0.4, 0.5) is 11.4 Å². The average Bonchev–Trinajstić information content (AvgIpc) is 3.43. The van der Waals surface area contributed by atoms with Crippen LogP contribution in [0.2, 0.25) is 5.02 Å². The molecule has 32 heavy (non-hydrogen) atoms. The first-order chi connectivity index (χ1) is 15.5. The van der Waals surface area contributed by atoms with Crippen molar-refractivity contribution in [1.29, 1.82) is 0 Å². The van der Waals surface area contributed by atoms with E-state index in [0.717, 1.165) is 31.2 Å². The number of amides is 1. The van der Waals surface area contributed by atoms with Crippen LogP contribution in [0, 0.1) is 17.0 Å². The Kier molecular flexibility index (Phi) is 6.76. The number of rotatable bonds is 7. The smallest absolute Gasteiger partial charge is 0.274 e. The summed E-state index contributed by atoms with van der Waals surface area (Å²) in [5, 5.41) is 23.9. The Morgan fingerprint density at radius 3 is 2.69 bits per heavy atom. The zero-order valence-corrected chi connectivity index (χ0v) is 19.0. The van der Waals surface area contributed by atoms with Crippen LogP contribution in [-0.2, 0) is 4.79 Å². The van der Waals surface area contributed by atoms with E-state index in [-0.39, 0.29) is 23.4 Å². The molecule has 0 radical (unpaired) electrons. The first kappa shape index (κ1) is 22.3. The van der Waals surface area contributed by atoms with E-state index in [1.54, 1.807) is 19.1 Å². The van der Waals surface area contributed by atoms with E-state index < -0.39 is 4.92 Å². The van der Waals surface area contributed by atoms with E-state index in [0.29, 0.717) is 27.3 Å². The normalized spacial score (nSPS) is 13.9. The summed E-state index contributed by atoms with van der Waals surface area (Å²) in [6.45, 7) is 1.62. The number of nitro benzene ring substituents is 1. The number of hydrogen-bond acceptors (Lipinski definition) is 6. The number of hydrogen-bond donors (Lipinski definition) is 1. The number of nitro groups is 1. The molecule has 166 valence electrons. The predicted molar refractivity (Wildman–Crippen MR) is 125 cm³/mol. The quantitative estimate of drug-likeness (QED) is 0.271. The van der Waals surface area contributed by atoms with E-state index in [9.17, 15) is 14.9 Å². The molecule has 1 heterocycles. The van der Waals surface area contributed by atoms with Crippen molar-refractivity contribution in [2.24, 2.45) is 0 Å². The Morgan fingerprint density at radius 1 is 1.22 bits per heavy atom. The molecule has 0 aliphatic heterocycles. The van der Waals surface area contributed by atoms with Crippen LogP contribution in [0.3, 0.4) is 0 Å². The van der Waals surface area contributed by atoms with Gasteiger partial charge in [0.15, 0.2) is 11.0 Å². The molecule has 1 aliphatic rings. The first-order valence-corrected chi connectivity index (χ1v) is 11.7. The summed E-state index contributed by atoms with van der Waals surface area (Å²) >= 11 is 7.71. The minimum Gasteiger partial charge on any atom is -0.325 e. The van der Waals surface area contributed by atoms with Crippen molar-refractivity contribution in [3.63, 3.8) is 0 Å². The monoisotopic (exact) mass is 471 g/mol. The van der Waals surface area contributed by atoms with Crippen LogP contribution in [0.15, 0.2) is 47.6 Å². The van der Waals surface area contributed by atoms with Crippen LogP contribution in [0.1, 0.15) is 37.3 Å². The van der Waals surface area contributed by atoms with E-state index in [1.165, 1.54) is 17.8 Å². The average molecular weight is 472 g/mol.